The van der Waals surface area contributed by atoms with Gasteiger partial charge in [0, 0.05) is 13.1 Å². The minimum Gasteiger partial charge on any atom is -0.313 e. The van der Waals surface area contributed by atoms with Crippen LogP contribution >= 0.6 is 12.4 Å². The summed E-state index contributed by atoms with van der Waals surface area (Å²) in [6.45, 7) is 4.89. The number of rotatable bonds is 0. The van der Waals surface area contributed by atoms with Crippen molar-refractivity contribution in [3.63, 3.8) is 0 Å². The molecule has 1 aliphatic rings. The Morgan fingerprint density at radius 2 is 2.27 bits per heavy atom. The van der Waals surface area contributed by atoms with Crippen LogP contribution in [0.1, 0.15) is 11.6 Å². The van der Waals surface area contributed by atoms with Crippen LogP contribution in [0.5, 0.6) is 0 Å². The van der Waals surface area contributed by atoms with Crippen molar-refractivity contribution >= 4 is 12.4 Å². The molecule has 0 radical (unpaired) electrons. The lowest BCUT2D eigenvalue weighted by Gasteiger charge is -2.14. The van der Waals surface area contributed by atoms with Crippen molar-refractivity contribution < 1.29 is 0 Å². The van der Waals surface area contributed by atoms with Crippen molar-refractivity contribution in [2.24, 2.45) is 0 Å². The van der Waals surface area contributed by atoms with Gasteiger partial charge in [0.05, 0.1) is 6.54 Å². The summed E-state index contributed by atoms with van der Waals surface area (Å²) >= 11 is 0. The first-order chi connectivity index (χ1) is 4.88. The molecule has 0 aliphatic carbocycles. The zero-order valence-corrected chi connectivity index (χ0v) is 7.19. The molecule has 2 heterocycles. The summed E-state index contributed by atoms with van der Waals surface area (Å²) in [6, 6.07) is 0. The SMILES string of the molecule is Cc1nnc2n1CCNC2.Cl. The molecule has 0 saturated carbocycles. The quantitative estimate of drug-likeness (QED) is 0.607. The molecule has 5 heteroatoms. The van der Waals surface area contributed by atoms with E-state index in [0.29, 0.717) is 0 Å². The molecule has 62 valence electrons. The van der Waals surface area contributed by atoms with Crippen molar-refractivity contribution in [1.29, 1.82) is 0 Å². The smallest absolute Gasteiger partial charge is 0.147 e. The van der Waals surface area contributed by atoms with Gasteiger partial charge in [-0.25, -0.2) is 0 Å². The van der Waals surface area contributed by atoms with Gasteiger partial charge < -0.3 is 9.88 Å². The molecule has 11 heavy (non-hydrogen) atoms. The molecule has 0 bridgehead atoms. The van der Waals surface area contributed by atoms with Gasteiger partial charge in [-0.15, -0.1) is 22.6 Å². The van der Waals surface area contributed by atoms with E-state index in [0.717, 1.165) is 31.3 Å². The van der Waals surface area contributed by atoms with Crippen LogP contribution in [0.2, 0.25) is 0 Å². The van der Waals surface area contributed by atoms with E-state index in [1.54, 1.807) is 0 Å². The van der Waals surface area contributed by atoms with Gasteiger partial charge in [-0.1, -0.05) is 0 Å². The average Bonchev–Trinajstić information content (AvgIpc) is 2.34. The van der Waals surface area contributed by atoms with E-state index >= 15 is 0 Å². The van der Waals surface area contributed by atoms with E-state index < -0.39 is 0 Å². The van der Waals surface area contributed by atoms with Gasteiger partial charge in [0.15, 0.2) is 0 Å². The van der Waals surface area contributed by atoms with Crippen LogP contribution in [0.25, 0.3) is 0 Å². The fourth-order valence-corrected chi connectivity index (χ4v) is 1.24. The molecular formula is C6H11ClN4. The maximum absolute atomic E-state index is 4.01. The first kappa shape index (κ1) is 8.49. The Morgan fingerprint density at radius 3 is 3.00 bits per heavy atom. The number of aromatic nitrogens is 3. The third-order valence-corrected chi connectivity index (χ3v) is 1.81. The molecule has 4 nitrogen and oxygen atoms in total. The van der Waals surface area contributed by atoms with Crippen molar-refractivity contribution in [2.45, 2.75) is 20.0 Å². The molecule has 0 saturated heterocycles. The van der Waals surface area contributed by atoms with Gasteiger partial charge in [-0.2, -0.15) is 0 Å². The van der Waals surface area contributed by atoms with E-state index in [1.807, 2.05) is 6.92 Å². The molecule has 0 atom stereocenters. The maximum atomic E-state index is 4.01. The first-order valence-corrected chi connectivity index (χ1v) is 3.47. The topological polar surface area (TPSA) is 42.7 Å². The number of hydrogen-bond acceptors (Lipinski definition) is 3. The van der Waals surface area contributed by atoms with Crippen LogP contribution in [-0.2, 0) is 13.1 Å². The number of nitrogens with zero attached hydrogens (tertiary/aromatic N) is 3. The number of nitrogens with one attached hydrogen (secondary N) is 1. The second-order valence-corrected chi connectivity index (χ2v) is 2.49. The Hall–Kier alpha value is -0.610. The Morgan fingerprint density at radius 1 is 1.45 bits per heavy atom. The van der Waals surface area contributed by atoms with E-state index in [-0.39, 0.29) is 12.4 Å². The van der Waals surface area contributed by atoms with Gasteiger partial charge in [0.2, 0.25) is 0 Å². The molecular weight excluding hydrogens is 164 g/mol. The van der Waals surface area contributed by atoms with Gasteiger partial charge in [0.1, 0.15) is 11.6 Å². The van der Waals surface area contributed by atoms with Crippen molar-refractivity contribution in [1.82, 2.24) is 20.1 Å². The summed E-state index contributed by atoms with van der Waals surface area (Å²) in [6.07, 6.45) is 0. The Labute approximate surface area is 71.4 Å². The highest BCUT2D eigenvalue weighted by Crippen LogP contribution is 2.03. The van der Waals surface area contributed by atoms with Crippen LogP contribution in [0.4, 0.5) is 0 Å². The molecule has 0 amide bonds. The Balaban J connectivity index is 0.000000605. The fourth-order valence-electron chi connectivity index (χ4n) is 1.24. The van der Waals surface area contributed by atoms with Crippen LogP contribution in [0.15, 0.2) is 0 Å². The summed E-state index contributed by atoms with van der Waals surface area (Å²) in [5, 5.41) is 11.2. The fraction of sp³-hybridized carbons (Fsp3) is 0.667. The summed E-state index contributed by atoms with van der Waals surface area (Å²) in [4.78, 5) is 0. The standard InChI is InChI=1S/C6H10N4.ClH/c1-5-8-9-6-4-7-2-3-10(5)6;/h7H,2-4H2,1H3;1H. The van der Waals surface area contributed by atoms with E-state index in [1.165, 1.54) is 0 Å². The van der Waals surface area contributed by atoms with Crippen LogP contribution in [0, 0.1) is 6.92 Å². The van der Waals surface area contributed by atoms with Gasteiger partial charge >= 0.3 is 0 Å². The van der Waals surface area contributed by atoms with Crippen LogP contribution in [-0.4, -0.2) is 21.3 Å². The predicted octanol–water partition coefficient (Wildman–Crippen LogP) is 0.112. The lowest BCUT2D eigenvalue weighted by Crippen LogP contribution is -2.28. The third-order valence-electron chi connectivity index (χ3n) is 1.81. The predicted molar refractivity (Wildman–Crippen MR) is 43.7 cm³/mol. The highest BCUT2D eigenvalue weighted by Gasteiger charge is 2.11. The number of halogens is 1. The minimum atomic E-state index is 0. The van der Waals surface area contributed by atoms with Crippen molar-refractivity contribution in [3.8, 4) is 0 Å². The van der Waals surface area contributed by atoms with Gasteiger partial charge in [-0.05, 0) is 6.92 Å². The Bertz CT molecular complexity index is 245. The normalized spacial score (nSPS) is 15.4. The molecule has 0 unspecified atom stereocenters. The Kier molecular flexibility index (Phi) is 2.46. The van der Waals surface area contributed by atoms with Crippen molar-refractivity contribution in [3.05, 3.63) is 11.6 Å². The van der Waals surface area contributed by atoms with E-state index in [9.17, 15) is 0 Å². The zero-order valence-electron chi connectivity index (χ0n) is 6.37. The summed E-state index contributed by atoms with van der Waals surface area (Å²) in [5.41, 5.74) is 0. The third kappa shape index (κ3) is 1.36. The van der Waals surface area contributed by atoms with E-state index in [4.69, 9.17) is 0 Å². The monoisotopic (exact) mass is 174 g/mol. The molecule has 1 aliphatic heterocycles. The second-order valence-electron chi connectivity index (χ2n) is 2.49. The average molecular weight is 175 g/mol. The van der Waals surface area contributed by atoms with Gasteiger partial charge in [-0.3, -0.25) is 0 Å². The number of hydrogen-bond donors (Lipinski definition) is 1. The first-order valence-electron chi connectivity index (χ1n) is 3.47. The lowest BCUT2D eigenvalue weighted by atomic mass is 10.4. The lowest BCUT2D eigenvalue weighted by molar-refractivity contribution is 0.499. The highest BCUT2D eigenvalue weighted by atomic mass is 35.5. The minimum absolute atomic E-state index is 0. The maximum Gasteiger partial charge on any atom is 0.147 e. The molecule has 1 aromatic heterocycles. The molecule has 0 fully saturated rings. The largest absolute Gasteiger partial charge is 0.313 e. The van der Waals surface area contributed by atoms with E-state index in [2.05, 4.69) is 20.1 Å². The van der Waals surface area contributed by atoms with Crippen LogP contribution in [0.3, 0.4) is 0 Å². The van der Waals surface area contributed by atoms with Gasteiger partial charge in [0.25, 0.3) is 0 Å². The second kappa shape index (κ2) is 3.19. The summed E-state index contributed by atoms with van der Waals surface area (Å²) in [5.74, 6) is 2.08. The summed E-state index contributed by atoms with van der Waals surface area (Å²) in [7, 11) is 0. The number of aryl methyl sites for hydroxylation is 1. The summed E-state index contributed by atoms with van der Waals surface area (Å²) < 4.78 is 2.15. The molecule has 1 N–H and O–H groups in total. The molecule has 2 rings (SSSR count). The van der Waals surface area contributed by atoms with Crippen molar-refractivity contribution in [2.75, 3.05) is 6.54 Å². The molecule has 0 aromatic carbocycles. The molecule has 1 aromatic rings. The van der Waals surface area contributed by atoms with Crippen LogP contribution < -0.4 is 5.32 Å². The zero-order chi connectivity index (χ0) is 6.97. The number of fused-ring (bicyclic) bond motifs is 1. The highest BCUT2D eigenvalue weighted by molar-refractivity contribution is 5.85. The molecule has 0 spiro atoms.